The van der Waals surface area contributed by atoms with Crippen molar-refractivity contribution in [2.75, 3.05) is 0 Å². The quantitative estimate of drug-likeness (QED) is 0.522. The number of nitrogens with zero attached hydrogens (tertiary/aromatic N) is 2. The van der Waals surface area contributed by atoms with Crippen molar-refractivity contribution < 1.29 is 4.92 Å². The van der Waals surface area contributed by atoms with E-state index in [1.54, 1.807) is 24.3 Å². The minimum absolute atomic E-state index is 0.0507. The van der Waals surface area contributed by atoms with E-state index in [9.17, 15) is 10.1 Å². The molecule has 4 nitrogen and oxygen atoms in total. The topological polar surface area (TPSA) is 66.9 Å². The molecule has 0 aliphatic rings. The highest BCUT2D eigenvalue weighted by molar-refractivity contribution is 5.89. The smallest absolute Gasteiger partial charge is 0.258 e. The zero-order valence-corrected chi connectivity index (χ0v) is 7.68. The SMILES string of the molecule is N#Cc1cc([N+](=O)[O-])cc2ccccc12. The van der Waals surface area contributed by atoms with Crippen molar-refractivity contribution in [1.82, 2.24) is 0 Å². The van der Waals surface area contributed by atoms with Crippen LogP contribution in [0.25, 0.3) is 10.8 Å². The third-order valence-corrected chi connectivity index (χ3v) is 2.18. The number of hydrogen-bond acceptors (Lipinski definition) is 3. The highest BCUT2D eigenvalue weighted by Gasteiger charge is 2.10. The number of nitriles is 1. The molecule has 0 spiro atoms. The molecule has 0 saturated carbocycles. The van der Waals surface area contributed by atoms with E-state index in [1.165, 1.54) is 12.1 Å². The molecule has 0 aliphatic heterocycles. The van der Waals surface area contributed by atoms with E-state index in [1.807, 2.05) is 6.07 Å². The number of nitro benzene ring substituents is 1. The third-order valence-electron chi connectivity index (χ3n) is 2.18. The fourth-order valence-electron chi connectivity index (χ4n) is 1.49. The summed E-state index contributed by atoms with van der Waals surface area (Å²) in [5.74, 6) is 0. The lowest BCUT2D eigenvalue weighted by Gasteiger charge is -1.99. The van der Waals surface area contributed by atoms with Crippen molar-refractivity contribution in [1.29, 1.82) is 5.26 Å². The predicted octanol–water partition coefficient (Wildman–Crippen LogP) is 2.62. The highest BCUT2D eigenvalue weighted by Crippen LogP contribution is 2.24. The fraction of sp³-hybridized carbons (Fsp3) is 0. The van der Waals surface area contributed by atoms with Crippen LogP contribution < -0.4 is 0 Å². The van der Waals surface area contributed by atoms with Crippen LogP contribution >= 0.6 is 0 Å². The predicted molar refractivity (Wildman–Crippen MR) is 55.3 cm³/mol. The Morgan fingerprint density at radius 3 is 2.67 bits per heavy atom. The molecule has 2 aromatic rings. The average Bonchev–Trinajstić information content (AvgIpc) is 2.27. The summed E-state index contributed by atoms with van der Waals surface area (Å²) in [5.41, 5.74) is 0.282. The molecule has 0 amide bonds. The molecule has 0 aromatic heterocycles. The molecule has 0 fully saturated rings. The second-order valence-electron chi connectivity index (χ2n) is 3.08. The highest BCUT2D eigenvalue weighted by atomic mass is 16.6. The number of benzene rings is 2. The summed E-state index contributed by atoms with van der Waals surface area (Å²) in [4.78, 5) is 10.1. The van der Waals surface area contributed by atoms with E-state index >= 15 is 0 Å². The van der Waals surface area contributed by atoms with Gasteiger partial charge in [-0.3, -0.25) is 10.1 Å². The lowest BCUT2D eigenvalue weighted by molar-refractivity contribution is -0.384. The summed E-state index contributed by atoms with van der Waals surface area (Å²) in [6.45, 7) is 0. The van der Waals surface area contributed by atoms with Gasteiger partial charge in [0.05, 0.1) is 10.5 Å². The minimum atomic E-state index is -0.493. The van der Waals surface area contributed by atoms with Gasteiger partial charge in [0.1, 0.15) is 6.07 Å². The molecule has 0 bridgehead atoms. The molecule has 0 N–H and O–H groups in total. The maximum absolute atomic E-state index is 10.6. The molecule has 2 aromatic carbocycles. The molecule has 2 rings (SSSR count). The van der Waals surface area contributed by atoms with Crippen LogP contribution in [-0.4, -0.2) is 4.92 Å². The van der Waals surface area contributed by atoms with Gasteiger partial charge in [-0.05, 0) is 10.8 Å². The Hall–Kier alpha value is -2.41. The molecule has 0 radical (unpaired) electrons. The molecule has 0 heterocycles. The summed E-state index contributed by atoms with van der Waals surface area (Å²) >= 11 is 0. The lowest BCUT2D eigenvalue weighted by Crippen LogP contribution is -1.89. The first-order valence-electron chi connectivity index (χ1n) is 4.29. The summed E-state index contributed by atoms with van der Waals surface area (Å²) in [7, 11) is 0. The standard InChI is InChI=1S/C11H6N2O2/c12-7-9-6-10(13(14)15)5-8-3-1-2-4-11(8)9/h1-6H. The van der Waals surface area contributed by atoms with Crippen molar-refractivity contribution in [3.63, 3.8) is 0 Å². The zero-order chi connectivity index (χ0) is 10.8. The number of hydrogen-bond donors (Lipinski definition) is 0. The van der Waals surface area contributed by atoms with E-state index in [-0.39, 0.29) is 5.69 Å². The zero-order valence-electron chi connectivity index (χ0n) is 7.68. The van der Waals surface area contributed by atoms with Crippen molar-refractivity contribution in [2.24, 2.45) is 0 Å². The van der Waals surface area contributed by atoms with Crippen molar-refractivity contribution in [2.45, 2.75) is 0 Å². The van der Waals surface area contributed by atoms with Crippen LogP contribution in [0, 0.1) is 21.4 Å². The summed E-state index contributed by atoms with van der Waals surface area (Å²) < 4.78 is 0. The molecule has 0 atom stereocenters. The van der Waals surface area contributed by atoms with Crippen LogP contribution in [0.3, 0.4) is 0 Å². The second-order valence-corrected chi connectivity index (χ2v) is 3.08. The minimum Gasteiger partial charge on any atom is -0.258 e. The molecule has 0 unspecified atom stereocenters. The number of rotatable bonds is 1. The summed E-state index contributed by atoms with van der Waals surface area (Å²) in [5, 5.41) is 20.9. The van der Waals surface area contributed by atoms with Crippen LogP contribution in [-0.2, 0) is 0 Å². The van der Waals surface area contributed by atoms with Gasteiger partial charge >= 0.3 is 0 Å². The first-order chi connectivity index (χ1) is 7.22. The van der Waals surface area contributed by atoms with E-state index in [4.69, 9.17) is 5.26 Å². The Morgan fingerprint density at radius 1 is 1.27 bits per heavy atom. The first-order valence-corrected chi connectivity index (χ1v) is 4.29. The van der Waals surface area contributed by atoms with Crippen LogP contribution in [0.4, 0.5) is 5.69 Å². The van der Waals surface area contributed by atoms with Gasteiger partial charge in [0.15, 0.2) is 0 Å². The molecule has 72 valence electrons. The fourth-order valence-corrected chi connectivity index (χ4v) is 1.49. The monoisotopic (exact) mass is 198 g/mol. The van der Waals surface area contributed by atoms with E-state index in [0.717, 1.165) is 5.39 Å². The molecule has 15 heavy (non-hydrogen) atoms. The third kappa shape index (κ3) is 1.51. The molecular weight excluding hydrogens is 192 g/mol. The van der Waals surface area contributed by atoms with Gasteiger partial charge in [-0.2, -0.15) is 5.26 Å². The average molecular weight is 198 g/mol. The van der Waals surface area contributed by atoms with Gasteiger partial charge in [-0.1, -0.05) is 24.3 Å². The van der Waals surface area contributed by atoms with Gasteiger partial charge < -0.3 is 0 Å². The van der Waals surface area contributed by atoms with Crippen LogP contribution in [0.2, 0.25) is 0 Å². The Kier molecular flexibility index (Phi) is 2.07. The number of non-ortho nitro benzene ring substituents is 1. The molecule has 0 aliphatic carbocycles. The normalized spacial score (nSPS) is 9.80. The summed E-state index contributed by atoms with van der Waals surface area (Å²) in [6.07, 6.45) is 0. The maximum atomic E-state index is 10.6. The first kappa shape index (κ1) is 9.16. The Balaban J connectivity index is 2.84. The molecular formula is C11H6N2O2. The Bertz CT molecular complexity index is 585. The van der Waals surface area contributed by atoms with Gasteiger partial charge in [-0.15, -0.1) is 0 Å². The van der Waals surface area contributed by atoms with Crippen LogP contribution in [0.15, 0.2) is 36.4 Å². The summed E-state index contributed by atoms with van der Waals surface area (Å²) in [6, 6.07) is 11.8. The van der Waals surface area contributed by atoms with E-state index < -0.39 is 4.92 Å². The van der Waals surface area contributed by atoms with Gasteiger partial charge in [-0.25, -0.2) is 0 Å². The van der Waals surface area contributed by atoms with Crippen molar-refractivity contribution in [3.8, 4) is 6.07 Å². The maximum Gasteiger partial charge on any atom is 0.271 e. The van der Waals surface area contributed by atoms with Crippen LogP contribution in [0.1, 0.15) is 5.56 Å². The lowest BCUT2D eigenvalue weighted by atomic mass is 10.0. The largest absolute Gasteiger partial charge is 0.271 e. The molecule has 0 saturated heterocycles. The van der Waals surface area contributed by atoms with Crippen molar-refractivity contribution >= 4 is 16.5 Å². The van der Waals surface area contributed by atoms with E-state index in [2.05, 4.69) is 0 Å². The van der Waals surface area contributed by atoms with E-state index in [0.29, 0.717) is 10.9 Å². The second kappa shape index (κ2) is 3.39. The number of nitro groups is 1. The van der Waals surface area contributed by atoms with Crippen LogP contribution in [0.5, 0.6) is 0 Å². The van der Waals surface area contributed by atoms with Gasteiger partial charge in [0.25, 0.3) is 5.69 Å². The number of fused-ring (bicyclic) bond motifs is 1. The Morgan fingerprint density at radius 2 is 2.00 bits per heavy atom. The van der Waals surface area contributed by atoms with Gasteiger partial charge in [0, 0.05) is 12.1 Å². The van der Waals surface area contributed by atoms with Gasteiger partial charge in [0.2, 0.25) is 0 Å². The Labute approximate surface area is 85.5 Å². The van der Waals surface area contributed by atoms with Crippen molar-refractivity contribution in [3.05, 3.63) is 52.1 Å². The molecule has 4 heteroatoms.